The van der Waals surface area contributed by atoms with Gasteiger partial charge in [0.15, 0.2) is 0 Å². The van der Waals surface area contributed by atoms with Crippen molar-refractivity contribution in [1.29, 1.82) is 0 Å². The van der Waals surface area contributed by atoms with Crippen molar-refractivity contribution < 1.29 is 24.2 Å². The summed E-state index contributed by atoms with van der Waals surface area (Å²) in [5.41, 5.74) is -0.379. The van der Waals surface area contributed by atoms with E-state index in [1.165, 1.54) is 0 Å². The van der Waals surface area contributed by atoms with Gasteiger partial charge in [-0.3, -0.25) is 14.4 Å². The number of nitrogens with zero attached hydrogens (tertiary/aromatic N) is 3. The van der Waals surface area contributed by atoms with Crippen LogP contribution in [0, 0.1) is 11.8 Å². The van der Waals surface area contributed by atoms with Gasteiger partial charge >= 0.3 is 0 Å². The predicted molar refractivity (Wildman–Crippen MR) is 169 cm³/mol. The molecule has 1 spiro atoms. The molecule has 3 aliphatic heterocycles. The van der Waals surface area contributed by atoms with Crippen molar-refractivity contribution in [2.75, 3.05) is 26.2 Å². The number of aliphatic hydroxyl groups excluding tert-OH is 1. The van der Waals surface area contributed by atoms with Crippen molar-refractivity contribution in [3.8, 4) is 0 Å². The Balaban J connectivity index is 1.65. The minimum Gasteiger partial charge on any atom is -0.394 e. The third-order valence-electron chi connectivity index (χ3n) is 9.84. The summed E-state index contributed by atoms with van der Waals surface area (Å²) in [5.74, 6) is -2.29. The second kappa shape index (κ2) is 13.1. The zero-order chi connectivity index (χ0) is 31.5. The van der Waals surface area contributed by atoms with Gasteiger partial charge in [-0.15, -0.1) is 13.2 Å². The summed E-state index contributed by atoms with van der Waals surface area (Å²) in [6, 6.07) is 17.2. The Morgan fingerprint density at radius 2 is 1.64 bits per heavy atom. The number of fused-ring (bicyclic) bond motifs is 1. The van der Waals surface area contributed by atoms with Gasteiger partial charge in [-0.2, -0.15) is 0 Å². The summed E-state index contributed by atoms with van der Waals surface area (Å²) < 4.78 is 7.01. The fourth-order valence-electron chi connectivity index (χ4n) is 7.95. The van der Waals surface area contributed by atoms with E-state index in [9.17, 15) is 19.5 Å². The Morgan fingerprint density at radius 1 is 1.00 bits per heavy atom. The van der Waals surface area contributed by atoms with Gasteiger partial charge in [-0.25, -0.2) is 0 Å². The molecule has 3 amide bonds. The number of rotatable bonds is 14. The highest BCUT2D eigenvalue weighted by Gasteiger charge is 2.79. The second-order valence-electron chi connectivity index (χ2n) is 12.3. The van der Waals surface area contributed by atoms with Gasteiger partial charge in [0, 0.05) is 26.2 Å². The van der Waals surface area contributed by atoms with Gasteiger partial charge in [0.25, 0.3) is 0 Å². The first-order valence-electron chi connectivity index (χ1n) is 15.8. The minimum atomic E-state index is -1.20. The number of benzene rings is 2. The minimum absolute atomic E-state index is 0.130. The summed E-state index contributed by atoms with van der Waals surface area (Å²) in [7, 11) is 0. The molecule has 0 aromatic heterocycles. The van der Waals surface area contributed by atoms with Crippen LogP contribution in [0.2, 0.25) is 0 Å². The monoisotopic (exact) mass is 599 g/mol. The molecule has 1 N–H and O–H groups in total. The van der Waals surface area contributed by atoms with Crippen molar-refractivity contribution in [2.45, 2.75) is 69.4 Å². The third-order valence-corrected chi connectivity index (χ3v) is 9.84. The number of likely N-dealkylation sites (tertiary alicyclic amines) is 1. The molecule has 6 atom stereocenters. The molecule has 8 heteroatoms. The summed E-state index contributed by atoms with van der Waals surface area (Å²) in [4.78, 5) is 49.2. The maximum absolute atomic E-state index is 14.9. The molecule has 0 radical (unpaired) electrons. The van der Waals surface area contributed by atoms with Crippen molar-refractivity contribution in [3.63, 3.8) is 0 Å². The van der Waals surface area contributed by atoms with Crippen LogP contribution in [0.1, 0.15) is 56.7 Å². The number of hydrogen-bond donors (Lipinski definition) is 1. The molecule has 5 rings (SSSR count). The van der Waals surface area contributed by atoms with E-state index in [1.807, 2.05) is 74.5 Å². The Labute approximate surface area is 261 Å². The average molecular weight is 600 g/mol. The molecule has 3 saturated heterocycles. The second-order valence-corrected chi connectivity index (χ2v) is 12.3. The van der Waals surface area contributed by atoms with Crippen molar-refractivity contribution in [3.05, 3.63) is 97.1 Å². The Hall–Kier alpha value is -3.75. The van der Waals surface area contributed by atoms with Crippen LogP contribution < -0.4 is 0 Å². The molecule has 2 aromatic rings. The van der Waals surface area contributed by atoms with Gasteiger partial charge in [0.2, 0.25) is 17.7 Å². The van der Waals surface area contributed by atoms with E-state index in [0.29, 0.717) is 38.9 Å². The number of hydrogen-bond acceptors (Lipinski definition) is 5. The van der Waals surface area contributed by atoms with E-state index in [0.717, 1.165) is 17.5 Å². The van der Waals surface area contributed by atoms with Crippen LogP contribution >= 0.6 is 0 Å². The lowest BCUT2D eigenvalue weighted by Gasteiger charge is -2.39. The highest BCUT2D eigenvalue weighted by molar-refractivity contribution is 5.99. The molecule has 0 saturated carbocycles. The number of ether oxygens (including phenoxy) is 1. The highest BCUT2D eigenvalue weighted by Crippen LogP contribution is 2.65. The van der Waals surface area contributed by atoms with Gasteiger partial charge in [0.05, 0.1) is 30.1 Å². The van der Waals surface area contributed by atoms with Crippen molar-refractivity contribution in [2.24, 2.45) is 11.8 Å². The van der Waals surface area contributed by atoms with E-state index < -0.39 is 35.1 Å². The first-order valence-corrected chi connectivity index (χ1v) is 15.8. The predicted octanol–water partition coefficient (Wildman–Crippen LogP) is 4.51. The fraction of sp³-hybridized carbons (Fsp3) is 0.472. The summed E-state index contributed by atoms with van der Waals surface area (Å²) in [6.07, 6.45) is 5.75. The van der Waals surface area contributed by atoms with Crippen LogP contribution in [0.25, 0.3) is 0 Å². The van der Waals surface area contributed by atoms with Crippen LogP contribution in [-0.2, 0) is 25.7 Å². The summed E-state index contributed by atoms with van der Waals surface area (Å²) >= 11 is 0. The molecule has 3 aliphatic rings. The number of amides is 3. The molecule has 2 aromatic carbocycles. The van der Waals surface area contributed by atoms with E-state index in [2.05, 4.69) is 13.2 Å². The molecule has 2 bridgehead atoms. The summed E-state index contributed by atoms with van der Waals surface area (Å²) in [5, 5.41) is 10.8. The maximum Gasteiger partial charge on any atom is 0.249 e. The van der Waals surface area contributed by atoms with E-state index >= 15 is 0 Å². The number of carbonyl (C=O) groups is 3. The van der Waals surface area contributed by atoms with E-state index in [1.54, 1.807) is 26.9 Å². The van der Waals surface area contributed by atoms with Crippen LogP contribution in [-0.4, -0.2) is 81.0 Å². The Kier molecular flexibility index (Phi) is 9.42. The molecule has 44 heavy (non-hydrogen) atoms. The summed E-state index contributed by atoms with van der Waals surface area (Å²) in [6.45, 7) is 12.9. The standard InChI is InChI=1S/C36H45N3O5/c1-5-21-37(22-6-2)32(41)29-30-33(42)39(28(25-40)27-17-13-10-14-18-27)31(36(30)20-19-35(29,8-4)44-36)34(43)38(23-7-3)24-26-15-11-9-12-16-26/h5,7,9-18,28-31,40H,1,3,6,8,19-25H2,2,4H3/t28-,29-,30+,31?,35+,36?/m1/s1. The zero-order valence-electron chi connectivity index (χ0n) is 25.9. The molecule has 8 nitrogen and oxygen atoms in total. The molecule has 0 aliphatic carbocycles. The van der Waals surface area contributed by atoms with Crippen molar-refractivity contribution >= 4 is 17.7 Å². The molecular formula is C36H45N3O5. The SMILES string of the molecule is C=CCN(Cc1ccccc1)C(=O)C1N([C@H](CO)c2ccccc2)C(=O)[C@@H]2[C@H](C(=O)N(CC=C)CCC)[C@]3(CC)CCC12O3. The first kappa shape index (κ1) is 31.7. The van der Waals surface area contributed by atoms with Crippen molar-refractivity contribution in [1.82, 2.24) is 14.7 Å². The van der Waals surface area contributed by atoms with Crippen LogP contribution in [0.3, 0.4) is 0 Å². The van der Waals surface area contributed by atoms with Gasteiger partial charge in [-0.1, -0.05) is 86.7 Å². The number of carbonyl (C=O) groups excluding carboxylic acids is 3. The van der Waals surface area contributed by atoms with Gasteiger partial charge in [-0.05, 0) is 36.8 Å². The number of aliphatic hydroxyl groups is 1. The smallest absolute Gasteiger partial charge is 0.249 e. The molecule has 234 valence electrons. The largest absolute Gasteiger partial charge is 0.394 e. The van der Waals surface area contributed by atoms with Crippen LogP contribution in [0.15, 0.2) is 86.0 Å². The molecular weight excluding hydrogens is 554 g/mol. The normalized spacial score (nSPS) is 27.6. The topological polar surface area (TPSA) is 90.4 Å². The molecule has 3 heterocycles. The van der Waals surface area contributed by atoms with Gasteiger partial charge < -0.3 is 24.5 Å². The lowest BCUT2D eigenvalue weighted by Crippen LogP contribution is -2.57. The fourth-order valence-corrected chi connectivity index (χ4v) is 7.95. The Morgan fingerprint density at radius 3 is 2.23 bits per heavy atom. The molecule has 2 unspecified atom stereocenters. The Bertz CT molecular complexity index is 1370. The lowest BCUT2D eigenvalue weighted by atomic mass is 9.64. The van der Waals surface area contributed by atoms with Crippen LogP contribution in [0.5, 0.6) is 0 Å². The first-order chi connectivity index (χ1) is 21.3. The maximum atomic E-state index is 14.9. The highest BCUT2D eigenvalue weighted by atomic mass is 16.5. The van der Waals surface area contributed by atoms with Crippen LogP contribution in [0.4, 0.5) is 0 Å². The third kappa shape index (κ3) is 5.18. The zero-order valence-corrected chi connectivity index (χ0v) is 25.9. The van der Waals surface area contributed by atoms with Gasteiger partial charge in [0.1, 0.15) is 11.6 Å². The van der Waals surface area contributed by atoms with E-state index in [-0.39, 0.29) is 30.9 Å². The van der Waals surface area contributed by atoms with E-state index in [4.69, 9.17) is 4.74 Å². The molecule has 3 fully saturated rings. The average Bonchev–Trinajstić information content (AvgIpc) is 3.65. The lowest BCUT2D eigenvalue weighted by molar-refractivity contribution is -0.158. The quantitative estimate of drug-likeness (QED) is 0.323.